The van der Waals surface area contributed by atoms with Crippen molar-refractivity contribution >= 4 is 45.6 Å². The van der Waals surface area contributed by atoms with Crippen LogP contribution >= 0.6 is 23.2 Å². The van der Waals surface area contributed by atoms with Crippen molar-refractivity contribution in [3.63, 3.8) is 0 Å². The average molecular weight is 363 g/mol. The molecule has 0 N–H and O–H groups in total. The third kappa shape index (κ3) is 20.0. The fourth-order valence-corrected chi connectivity index (χ4v) is 0.258. The summed E-state index contributed by atoms with van der Waals surface area (Å²) in [5.74, 6) is -1.42. The minimum atomic E-state index is -0.710. The number of halogens is 2. The highest BCUT2D eigenvalue weighted by molar-refractivity contribution is 6.67. The first kappa shape index (κ1) is 25.9. The Morgan fingerprint density at radius 2 is 0.783 bits per heavy atom. The summed E-state index contributed by atoms with van der Waals surface area (Å²) in [6, 6.07) is 0. The fraction of sp³-hybridized carbons (Fsp3) is 0.250. The summed E-state index contributed by atoms with van der Waals surface area (Å²) in [7, 11) is 0. The van der Waals surface area contributed by atoms with Crippen molar-refractivity contribution in [3.8, 4) is 0 Å². The molecule has 0 heterocycles. The first-order valence-electron chi connectivity index (χ1n) is 6.02. The minimum absolute atomic E-state index is 0.194. The zero-order chi connectivity index (χ0) is 19.3. The highest BCUT2D eigenvalue weighted by Crippen LogP contribution is 1.97. The summed E-state index contributed by atoms with van der Waals surface area (Å²) in [4.78, 5) is 41.0. The van der Waals surface area contributed by atoms with Crippen LogP contribution in [-0.4, -0.2) is 22.4 Å². The molecule has 23 heavy (non-hydrogen) atoms. The number of esters is 2. The van der Waals surface area contributed by atoms with Gasteiger partial charge < -0.3 is 4.74 Å². The summed E-state index contributed by atoms with van der Waals surface area (Å²) >= 11 is 9.75. The van der Waals surface area contributed by atoms with E-state index in [9.17, 15) is 19.2 Å². The number of hydrogen-bond acceptors (Lipinski definition) is 5. The molecule has 0 fully saturated rings. The van der Waals surface area contributed by atoms with E-state index in [0.29, 0.717) is 11.1 Å². The van der Waals surface area contributed by atoms with Crippen LogP contribution in [0.3, 0.4) is 0 Å². The van der Waals surface area contributed by atoms with Gasteiger partial charge in [0.2, 0.25) is 10.5 Å². The van der Waals surface area contributed by atoms with Gasteiger partial charge in [0.05, 0.1) is 0 Å². The molecule has 0 aromatic carbocycles. The van der Waals surface area contributed by atoms with Crippen LogP contribution in [0.5, 0.6) is 0 Å². The Kier molecular flexibility index (Phi) is 15.4. The topological polar surface area (TPSA) is 77.5 Å². The lowest BCUT2D eigenvalue weighted by atomic mass is 10.3. The van der Waals surface area contributed by atoms with Crippen molar-refractivity contribution in [3.05, 3.63) is 48.6 Å². The van der Waals surface area contributed by atoms with Crippen molar-refractivity contribution < 1.29 is 23.9 Å². The van der Waals surface area contributed by atoms with Gasteiger partial charge in [-0.05, 0) is 50.9 Å². The van der Waals surface area contributed by atoms with Gasteiger partial charge in [-0.2, -0.15) is 0 Å². The molecule has 0 unspecified atom stereocenters. The second kappa shape index (κ2) is 13.7. The quantitative estimate of drug-likeness (QED) is 0.328. The van der Waals surface area contributed by atoms with Crippen molar-refractivity contribution in [1.29, 1.82) is 0 Å². The molecule has 0 radical (unpaired) electrons. The molecule has 0 aromatic rings. The van der Waals surface area contributed by atoms with Crippen LogP contribution in [0, 0.1) is 0 Å². The summed E-state index contributed by atoms with van der Waals surface area (Å²) in [5.41, 5.74) is 1.16. The zero-order valence-electron chi connectivity index (χ0n) is 13.6. The van der Waals surface area contributed by atoms with E-state index < -0.39 is 22.4 Å². The van der Waals surface area contributed by atoms with Crippen LogP contribution in [0.1, 0.15) is 27.7 Å². The van der Waals surface area contributed by atoms with E-state index in [1.165, 1.54) is 13.8 Å². The van der Waals surface area contributed by atoms with Gasteiger partial charge in [0, 0.05) is 22.3 Å². The second-order valence-corrected chi connectivity index (χ2v) is 5.03. The fourth-order valence-electron chi connectivity index (χ4n) is 0.258. The molecule has 0 saturated carbocycles. The average Bonchev–Trinajstić information content (AvgIpc) is 2.39. The third-order valence-corrected chi connectivity index (χ3v) is 2.20. The maximum atomic E-state index is 10.7. The van der Waals surface area contributed by atoms with Crippen molar-refractivity contribution in [2.75, 3.05) is 0 Å². The van der Waals surface area contributed by atoms with Gasteiger partial charge in [0.25, 0.3) is 0 Å². The number of ether oxygens (including phenoxy) is 1. The van der Waals surface area contributed by atoms with Crippen LogP contribution in [-0.2, 0) is 23.9 Å². The zero-order valence-corrected chi connectivity index (χ0v) is 15.1. The molecule has 0 aliphatic carbocycles. The minimum Gasteiger partial charge on any atom is -0.386 e. The molecule has 0 saturated heterocycles. The van der Waals surface area contributed by atoms with E-state index in [4.69, 9.17) is 23.2 Å². The van der Waals surface area contributed by atoms with Crippen molar-refractivity contribution in [2.24, 2.45) is 0 Å². The van der Waals surface area contributed by atoms with E-state index in [0.717, 1.165) is 0 Å². The van der Waals surface area contributed by atoms with Crippen molar-refractivity contribution in [1.82, 2.24) is 0 Å². The van der Waals surface area contributed by atoms with Gasteiger partial charge in [-0.3, -0.25) is 9.59 Å². The highest BCUT2D eigenvalue weighted by Gasteiger charge is 2.10. The van der Waals surface area contributed by atoms with E-state index >= 15 is 0 Å². The first-order valence-corrected chi connectivity index (χ1v) is 6.77. The molecule has 0 aliphatic heterocycles. The van der Waals surface area contributed by atoms with Crippen LogP contribution in [0.2, 0.25) is 0 Å². The summed E-state index contributed by atoms with van der Waals surface area (Å²) in [5, 5.41) is -0.926. The van der Waals surface area contributed by atoms with Gasteiger partial charge >= 0.3 is 11.9 Å². The van der Waals surface area contributed by atoms with Crippen LogP contribution in [0.25, 0.3) is 0 Å². The predicted octanol–water partition coefficient (Wildman–Crippen LogP) is 3.86. The molecule has 0 amide bonds. The standard InChI is InChI=1S/C8H10O3.2C4H5ClO/c1-5(2)7(9)11-8(10)6(3)4;2*1-3(2)4(5)6/h1,3H2,2,4H3;2*1H2,2H3. The molecule has 128 valence electrons. The third-order valence-electron chi connectivity index (χ3n) is 1.55. The predicted molar refractivity (Wildman–Crippen MR) is 92.1 cm³/mol. The molecule has 7 heteroatoms. The maximum Gasteiger partial charge on any atom is 0.340 e. The molecule has 0 bridgehead atoms. The summed E-state index contributed by atoms with van der Waals surface area (Å²) < 4.78 is 4.30. The van der Waals surface area contributed by atoms with Crippen LogP contribution in [0.15, 0.2) is 48.6 Å². The van der Waals surface area contributed by atoms with E-state index in [1.807, 2.05) is 0 Å². The summed E-state index contributed by atoms with van der Waals surface area (Å²) in [6.07, 6.45) is 0. The van der Waals surface area contributed by atoms with E-state index in [1.54, 1.807) is 13.8 Å². The molecule has 0 rings (SSSR count). The Balaban J connectivity index is -0.000000284. The van der Waals surface area contributed by atoms with Gasteiger partial charge in [-0.25, -0.2) is 9.59 Å². The highest BCUT2D eigenvalue weighted by atomic mass is 35.5. The molecular formula is C16H20Cl2O5. The number of rotatable bonds is 4. The smallest absolute Gasteiger partial charge is 0.340 e. The second-order valence-electron chi connectivity index (χ2n) is 4.35. The maximum absolute atomic E-state index is 10.7. The molecular weight excluding hydrogens is 343 g/mol. The van der Waals surface area contributed by atoms with Crippen molar-refractivity contribution in [2.45, 2.75) is 27.7 Å². The van der Waals surface area contributed by atoms with Gasteiger partial charge in [0.1, 0.15) is 0 Å². The molecule has 0 atom stereocenters. The number of carbonyl (C=O) groups excluding carboxylic acids is 4. The Labute approximate surface area is 146 Å². The normalized spacial score (nSPS) is 8.09. The number of hydrogen-bond donors (Lipinski definition) is 0. The largest absolute Gasteiger partial charge is 0.386 e. The molecule has 0 spiro atoms. The lowest BCUT2D eigenvalue weighted by Crippen LogP contribution is -2.12. The Morgan fingerprint density at radius 3 is 0.870 bits per heavy atom. The Hall–Kier alpha value is -1.98. The lowest BCUT2D eigenvalue weighted by Gasteiger charge is -1.99. The summed E-state index contributed by atoms with van der Waals surface area (Å²) in [6.45, 7) is 19.2. The van der Waals surface area contributed by atoms with Gasteiger partial charge in [-0.15, -0.1) is 0 Å². The van der Waals surface area contributed by atoms with Crippen LogP contribution < -0.4 is 0 Å². The van der Waals surface area contributed by atoms with E-state index in [2.05, 4.69) is 31.1 Å². The lowest BCUT2D eigenvalue weighted by molar-refractivity contribution is -0.153. The van der Waals surface area contributed by atoms with Gasteiger partial charge in [-0.1, -0.05) is 26.3 Å². The molecule has 5 nitrogen and oxygen atoms in total. The molecule has 0 aliphatic rings. The Bertz CT molecular complexity index is 473. The molecule has 0 aromatic heterocycles. The SMILES string of the molecule is C=C(C)C(=O)Cl.C=C(C)C(=O)Cl.C=C(C)C(=O)OC(=O)C(=C)C. The van der Waals surface area contributed by atoms with Crippen LogP contribution in [0.4, 0.5) is 0 Å². The number of allylic oxidation sites excluding steroid dienone is 2. The van der Waals surface area contributed by atoms with E-state index in [-0.39, 0.29) is 11.1 Å². The monoisotopic (exact) mass is 362 g/mol. The number of carbonyl (C=O) groups is 4. The Morgan fingerprint density at radius 1 is 0.609 bits per heavy atom. The first-order chi connectivity index (χ1) is 10.2. The van der Waals surface area contributed by atoms with Gasteiger partial charge in [0.15, 0.2) is 0 Å².